The zero-order chi connectivity index (χ0) is 14.4. The molecule has 0 aliphatic carbocycles. The average molecular weight is 291 g/mol. The van der Waals surface area contributed by atoms with E-state index in [9.17, 15) is 9.59 Å². The van der Waals surface area contributed by atoms with Gasteiger partial charge in [-0.05, 0) is 45.1 Å². The minimum absolute atomic E-state index is 0.151. The molecular weight excluding hydrogens is 266 g/mol. The van der Waals surface area contributed by atoms with Gasteiger partial charge in [0.25, 0.3) is 0 Å². The van der Waals surface area contributed by atoms with Crippen LogP contribution in [0.25, 0.3) is 0 Å². The number of rotatable bonds is 1. The third kappa shape index (κ3) is 2.26. The smallest absolute Gasteiger partial charge is 0.245 e. The predicted molar refractivity (Wildman–Crippen MR) is 78.7 cm³/mol. The van der Waals surface area contributed by atoms with Crippen molar-refractivity contribution in [1.29, 1.82) is 0 Å². The summed E-state index contributed by atoms with van der Waals surface area (Å²) < 4.78 is 0. The maximum atomic E-state index is 12.9. The van der Waals surface area contributed by atoms with E-state index in [0.29, 0.717) is 25.0 Å². The molecule has 0 bridgehead atoms. The predicted octanol–water partition coefficient (Wildman–Crippen LogP) is 0.837. The Morgan fingerprint density at radius 2 is 1.67 bits per heavy atom. The number of piperidine rings is 1. The molecule has 0 aromatic rings. The van der Waals surface area contributed by atoms with Gasteiger partial charge in [-0.15, -0.1) is 0 Å². The van der Waals surface area contributed by atoms with E-state index in [1.165, 1.54) is 19.4 Å². The Balaban J connectivity index is 1.51. The molecule has 2 amide bonds. The van der Waals surface area contributed by atoms with Crippen LogP contribution >= 0.6 is 0 Å². The minimum atomic E-state index is -0.151. The van der Waals surface area contributed by atoms with Gasteiger partial charge in [-0.25, -0.2) is 0 Å². The van der Waals surface area contributed by atoms with E-state index in [0.717, 1.165) is 38.8 Å². The number of hydrogen-bond donors (Lipinski definition) is 0. The number of hydrogen-bond acceptors (Lipinski definition) is 3. The van der Waals surface area contributed by atoms with Crippen molar-refractivity contribution in [2.75, 3.05) is 26.2 Å². The lowest BCUT2D eigenvalue weighted by molar-refractivity contribution is -0.141. The molecule has 3 atom stereocenters. The molecule has 0 radical (unpaired) electrons. The highest BCUT2D eigenvalue weighted by molar-refractivity contribution is 5.90. The molecule has 5 nitrogen and oxygen atoms in total. The van der Waals surface area contributed by atoms with Gasteiger partial charge < -0.3 is 14.7 Å². The van der Waals surface area contributed by atoms with Gasteiger partial charge in [0.05, 0.1) is 0 Å². The number of carbonyl (C=O) groups is 2. The summed E-state index contributed by atoms with van der Waals surface area (Å²) in [7, 11) is 0. The third-order valence-electron chi connectivity index (χ3n) is 5.94. The summed E-state index contributed by atoms with van der Waals surface area (Å²) in [6.07, 6.45) is 7.16. The van der Waals surface area contributed by atoms with Crippen LogP contribution in [0.5, 0.6) is 0 Å². The lowest BCUT2D eigenvalue weighted by Gasteiger charge is -2.41. The molecule has 4 fully saturated rings. The first-order chi connectivity index (χ1) is 10.2. The second-order valence-electron chi connectivity index (χ2n) is 7.04. The van der Waals surface area contributed by atoms with E-state index in [-0.39, 0.29) is 17.9 Å². The highest BCUT2D eigenvalue weighted by Gasteiger charge is 2.43. The van der Waals surface area contributed by atoms with Crippen LogP contribution < -0.4 is 0 Å². The Hall–Kier alpha value is -1.10. The molecule has 116 valence electrons. The summed E-state index contributed by atoms with van der Waals surface area (Å²) in [6, 6.07) is 0.891. The number of carbonyl (C=O) groups excluding carboxylic acids is 2. The largest absolute Gasteiger partial charge is 0.337 e. The minimum Gasteiger partial charge on any atom is -0.337 e. The Morgan fingerprint density at radius 1 is 0.810 bits per heavy atom. The fourth-order valence-corrected chi connectivity index (χ4v) is 4.83. The van der Waals surface area contributed by atoms with E-state index >= 15 is 0 Å². The molecule has 4 rings (SSSR count). The van der Waals surface area contributed by atoms with E-state index in [1.54, 1.807) is 0 Å². The maximum absolute atomic E-state index is 12.9. The molecule has 0 aromatic carbocycles. The Kier molecular flexibility index (Phi) is 3.40. The molecule has 4 saturated heterocycles. The van der Waals surface area contributed by atoms with Crippen LogP contribution in [-0.4, -0.2) is 70.8 Å². The fraction of sp³-hybridized carbons (Fsp3) is 0.875. The lowest BCUT2D eigenvalue weighted by atomic mass is 9.95. The maximum Gasteiger partial charge on any atom is 0.245 e. The molecule has 4 aliphatic heterocycles. The van der Waals surface area contributed by atoms with Gasteiger partial charge in [0.1, 0.15) is 6.04 Å². The number of fused-ring (bicyclic) bond motifs is 2. The van der Waals surface area contributed by atoms with Crippen molar-refractivity contribution in [3.8, 4) is 0 Å². The summed E-state index contributed by atoms with van der Waals surface area (Å²) in [5.41, 5.74) is 0. The number of nitrogens with zero attached hydrogens (tertiary/aromatic N) is 3. The molecule has 0 spiro atoms. The molecule has 21 heavy (non-hydrogen) atoms. The van der Waals surface area contributed by atoms with Gasteiger partial charge in [-0.1, -0.05) is 0 Å². The second-order valence-corrected chi connectivity index (χ2v) is 7.04. The first-order valence-electron chi connectivity index (χ1n) is 8.58. The van der Waals surface area contributed by atoms with Crippen LogP contribution in [0.4, 0.5) is 0 Å². The summed E-state index contributed by atoms with van der Waals surface area (Å²) in [5, 5.41) is 0. The van der Waals surface area contributed by atoms with Crippen molar-refractivity contribution in [2.45, 2.75) is 63.1 Å². The summed E-state index contributed by atoms with van der Waals surface area (Å²) in [5.74, 6) is 0.418. The Labute approximate surface area is 126 Å². The molecule has 0 saturated carbocycles. The number of amides is 2. The van der Waals surface area contributed by atoms with Gasteiger partial charge in [0.15, 0.2) is 0 Å². The van der Waals surface area contributed by atoms with Crippen LogP contribution in [0.15, 0.2) is 0 Å². The topological polar surface area (TPSA) is 43.9 Å². The van der Waals surface area contributed by atoms with Crippen LogP contribution in [0, 0.1) is 0 Å². The van der Waals surface area contributed by atoms with Crippen molar-refractivity contribution in [2.24, 2.45) is 0 Å². The fourth-order valence-electron chi connectivity index (χ4n) is 4.83. The Bertz CT molecular complexity index is 453. The van der Waals surface area contributed by atoms with E-state index < -0.39 is 0 Å². The van der Waals surface area contributed by atoms with Gasteiger partial charge in [0.2, 0.25) is 11.8 Å². The van der Waals surface area contributed by atoms with E-state index in [2.05, 4.69) is 9.80 Å². The van der Waals surface area contributed by atoms with Crippen molar-refractivity contribution in [1.82, 2.24) is 14.7 Å². The molecule has 3 unspecified atom stereocenters. The van der Waals surface area contributed by atoms with Crippen LogP contribution in [-0.2, 0) is 9.59 Å². The van der Waals surface area contributed by atoms with Gasteiger partial charge in [-0.3, -0.25) is 9.59 Å². The van der Waals surface area contributed by atoms with Gasteiger partial charge in [-0.2, -0.15) is 0 Å². The third-order valence-corrected chi connectivity index (χ3v) is 5.94. The second kappa shape index (κ2) is 5.27. The first-order valence-corrected chi connectivity index (χ1v) is 8.58. The molecule has 5 heteroatoms. The summed E-state index contributed by atoms with van der Waals surface area (Å²) in [6.45, 7) is 3.79. The van der Waals surface area contributed by atoms with Crippen LogP contribution in [0.3, 0.4) is 0 Å². The highest BCUT2D eigenvalue weighted by atomic mass is 16.2. The molecular formula is C16H25N3O2. The quantitative estimate of drug-likeness (QED) is 0.719. The van der Waals surface area contributed by atoms with E-state index in [4.69, 9.17) is 0 Å². The SMILES string of the molecule is O=C1C2CCCN2C(=O)CCN1C1CCN2CCCC2C1. The summed E-state index contributed by atoms with van der Waals surface area (Å²) >= 11 is 0. The van der Waals surface area contributed by atoms with Gasteiger partial charge >= 0.3 is 0 Å². The van der Waals surface area contributed by atoms with Crippen LogP contribution in [0.2, 0.25) is 0 Å². The van der Waals surface area contributed by atoms with Crippen molar-refractivity contribution >= 4 is 11.8 Å². The monoisotopic (exact) mass is 291 g/mol. The van der Waals surface area contributed by atoms with Crippen molar-refractivity contribution in [3.63, 3.8) is 0 Å². The zero-order valence-electron chi connectivity index (χ0n) is 12.7. The van der Waals surface area contributed by atoms with E-state index in [1.807, 2.05) is 4.90 Å². The van der Waals surface area contributed by atoms with Gasteiger partial charge in [0, 0.05) is 38.1 Å². The molecule has 4 aliphatic rings. The zero-order valence-corrected chi connectivity index (χ0v) is 12.7. The molecule has 0 N–H and O–H groups in total. The average Bonchev–Trinajstić information content (AvgIpc) is 3.13. The lowest BCUT2D eigenvalue weighted by Crippen LogP contribution is -2.52. The highest BCUT2D eigenvalue weighted by Crippen LogP contribution is 2.32. The standard InChI is InChI=1S/C16H25N3O2/c20-15-6-10-18(16(21)14-4-2-8-19(14)15)13-5-9-17-7-1-3-12(17)11-13/h12-14H,1-11H2. The van der Waals surface area contributed by atoms with Crippen molar-refractivity contribution in [3.05, 3.63) is 0 Å². The van der Waals surface area contributed by atoms with Crippen LogP contribution in [0.1, 0.15) is 44.9 Å². The molecule has 0 aromatic heterocycles. The molecule has 4 heterocycles. The summed E-state index contributed by atoms with van der Waals surface area (Å²) in [4.78, 5) is 31.6. The first kappa shape index (κ1) is 13.6. The van der Waals surface area contributed by atoms with Crippen molar-refractivity contribution < 1.29 is 9.59 Å². The Morgan fingerprint density at radius 3 is 2.57 bits per heavy atom. The normalized spacial score (nSPS) is 37.6.